The maximum atomic E-state index is 10.9. The summed E-state index contributed by atoms with van der Waals surface area (Å²) in [6.07, 6.45) is 2.51. The van der Waals surface area contributed by atoms with Crippen LogP contribution in [-0.4, -0.2) is 28.7 Å². The molecule has 1 aliphatic heterocycles. The first-order valence-corrected chi connectivity index (χ1v) is 7.40. The molecule has 1 saturated heterocycles. The summed E-state index contributed by atoms with van der Waals surface area (Å²) in [5.41, 5.74) is 0.994. The van der Waals surface area contributed by atoms with Gasteiger partial charge in [-0.05, 0) is 30.5 Å². The van der Waals surface area contributed by atoms with Crippen LogP contribution in [0, 0.1) is 0 Å². The average Bonchev–Trinajstić information content (AvgIpc) is 3.04. The molecule has 0 bridgehead atoms. The van der Waals surface area contributed by atoms with E-state index in [1.807, 2.05) is 36.0 Å². The normalized spacial score (nSPS) is 21.1. The highest BCUT2D eigenvalue weighted by Crippen LogP contribution is 2.51. The van der Waals surface area contributed by atoms with E-state index in [0.717, 1.165) is 35.7 Å². The van der Waals surface area contributed by atoms with Crippen LogP contribution in [0.1, 0.15) is 24.8 Å². The topological polar surface area (TPSA) is 46.5 Å². The van der Waals surface area contributed by atoms with Gasteiger partial charge in [0, 0.05) is 16.9 Å². The molecule has 18 heavy (non-hydrogen) atoms. The largest absolute Gasteiger partial charge is 0.489 e. The maximum absolute atomic E-state index is 10.9. The van der Waals surface area contributed by atoms with Gasteiger partial charge < -0.3 is 9.84 Å². The number of benzene rings is 1. The Kier molecular flexibility index (Phi) is 2.98. The first-order valence-electron chi connectivity index (χ1n) is 6.25. The highest BCUT2D eigenvalue weighted by Gasteiger charge is 2.46. The Balaban J connectivity index is 1.75. The average molecular weight is 264 g/mol. The first-order chi connectivity index (χ1) is 8.68. The Morgan fingerprint density at radius 1 is 1.44 bits per heavy atom. The van der Waals surface area contributed by atoms with E-state index in [2.05, 4.69) is 0 Å². The number of ether oxygens (including phenoxy) is 1. The molecule has 3 rings (SSSR count). The van der Waals surface area contributed by atoms with Crippen molar-refractivity contribution in [2.75, 3.05) is 11.5 Å². The molecule has 0 spiro atoms. The molecule has 1 saturated carbocycles. The minimum absolute atomic E-state index is 0.125. The fourth-order valence-electron chi connectivity index (χ4n) is 2.38. The molecule has 0 unspecified atom stereocenters. The Hall–Kier alpha value is -1.16. The zero-order valence-corrected chi connectivity index (χ0v) is 10.9. The van der Waals surface area contributed by atoms with Gasteiger partial charge in [-0.2, -0.15) is 11.8 Å². The number of carboxylic acids is 1. The van der Waals surface area contributed by atoms with Crippen molar-refractivity contribution in [2.45, 2.75) is 30.8 Å². The van der Waals surface area contributed by atoms with Crippen molar-refractivity contribution in [3.05, 3.63) is 29.8 Å². The lowest BCUT2D eigenvalue weighted by Gasteiger charge is -2.26. The molecule has 0 radical (unpaired) electrons. The second-order valence-electron chi connectivity index (χ2n) is 5.16. The molecule has 1 aliphatic carbocycles. The van der Waals surface area contributed by atoms with Crippen LogP contribution in [0.2, 0.25) is 0 Å². The van der Waals surface area contributed by atoms with E-state index in [9.17, 15) is 4.79 Å². The molecule has 2 aliphatic rings. The quantitative estimate of drug-likeness (QED) is 0.888. The number of aliphatic carboxylic acids is 1. The van der Waals surface area contributed by atoms with Crippen LogP contribution in [0.3, 0.4) is 0 Å². The fraction of sp³-hybridized carbons (Fsp3) is 0.500. The third-order valence-electron chi connectivity index (χ3n) is 3.70. The summed E-state index contributed by atoms with van der Waals surface area (Å²) in [6, 6.07) is 7.99. The van der Waals surface area contributed by atoms with Crippen LogP contribution in [0.4, 0.5) is 0 Å². The molecule has 1 aromatic rings. The Labute approximate surface area is 111 Å². The Bertz CT molecular complexity index is 464. The monoisotopic (exact) mass is 264 g/mol. The van der Waals surface area contributed by atoms with Crippen LogP contribution in [0.15, 0.2) is 24.3 Å². The fourth-order valence-corrected chi connectivity index (χ4v) is 2.95. The number of carboxylic acid groups (broad SMARTS) is 1. The summed E-state index contributed by atoms with van der Waals surface area (Å²) in [7, 11) is 0. The van der Waals surface area contributed by atoms with Crippen LogP contribution < -0.4 is 4.74 Å². The molecule has 3 nitrogen and oxygen atoms in total. The molecule has 2 fully saturated rings. The summed E-state index contributed by atoms with van der Waals surface area (Å²) in [6.45, 7) is 0. The van der Waals surface area contributed by atoms with Crippen molar-refractivity contribution < 1.29 is 14.6 Å². The second kappa shape index (κ2) is 4.50. The van der Waals surface area contributed by atoms with Gasteiger partial charge in [0.25, 0.3) is 0 Å². The van der Waals surface area contributed by atoms with E-state index in [1.165, 1.54) is 0 Å². The van der Waals surface area contributed by atoms with Crippen LogP contribution in [-0.2, 0) is 10.2 Å². The molecule has 96 valence electrons. The van der Waals surface area contributed by atoms with E-state index in [0.29, 0.717) is 6.10 Å². The number of carbonyl (C=O) groups is 1. The van der Waals surface area contributed by atoms with Gasteiger partial charge in [0.05, 0.1) is 6.42 Å². The third kappa shape index (κ3) is 2.34. The molecular weight excluding hydrogens is 248 g/mol. The predicted molar refractivity (Wildman–Crippen MR) is 71.3 cm³/mol. The van der Waals surface area contributed by atoms with Crippen molar-refractivity contribution in [3.63, 3.8) is 0 Å². The number of hydrogen-bond donors (Lipinski definition) is 1. The van der Waals surface area contributed by atoms with Crippen molar-refractivity contribution in [2.24, 2.45) is 0 Å². The molecule has 1 aromatic carbocycles. The molecule has 1 heterocycles. The van der Waals surface area contributed by atoms with Crippen LogP contribution in [0.25, 0.3) is 0 Å². The summed E-state index contributed by atoms with van der Waals surface area (Å²) in [4.78, 5) is 10.9. The zero-order valence-electron chi connectivity index (χ0n) is 10.1. The lowest BCUT2D eigenvalue weighted by Crippen LogP contribution is -2.31. The van der Waals surface area contributed by atoms with Crippen molar-refractivity contribution in [1.29, 1.82) is 0 Å². The minimum atomic E-state index is -0.714. The number of rotatable bonds is 5. The van der Waals surface area contributed by atoms with Gasteiger partial charge in [-0.1, -0.05) is 12.1 Å². The smallest absolute Gasteiger partial charge is 0.304 e. The van der Waals surface area contributed by atoms with Gasteiger partial charge >= 0.3 is 5.97 Å². The number of thioether (sulfide) groups is 1. The van der Waals surface area contributed by atoms with Gasteiger partial charge in [-0.15, -0.1) is 0 Å². The molecular formula is C14H16O3S. The zero-order chi connectivity index (χ0) is 12.6. The molecule has 4 heteroatoms. The Morgan fingerprint density at radius 3 is 2.78 bits per heavy atom. The van der Waals surface area contributed by atoms with Gasteiger partial charge in [-0.25, -0.2) is 0 Å². The first kappa shape index (κ1) is 11.9. The van der Waals surface area contributed by atoms with E-state index < -0.39 is 5.97 Å². The summed E-state index contributed by atoms with van der Waals surface area (Å²) in [5, 5.41) is 8.98. The summed E-state index contributed by atoms with van der Waals surface area (Å²) >= 11 is 1.89. The lowest BCUT2D eigenvalue weighted by atomic mass is 9.92. The summed E-state index contributed by atoms with van der Waals surface area (Å²) in [5.74, 6) is 2.29. The van der Waals surface area contributed by atoms with Gasteiger partial charge in [-0.3, -0.25) is 4.79 Å². The Morgan fingerprint density at radius 2 is 2.22 bits per heavy atom. The molecule has 0 atom stereocenters. The van der Waals surface area contributed by atoms with Crippen molar-refractivity contribution in [3.8, 4) is 5.75 Å². The SMILES string of the molecule is O=C(O)CC1(c2cccc(OC3CSC3)c2)CC1. The highest BCUT2D eigenvalue weighted by molar-refractivity contribution is 8.00. The van der Waals surface area contributed by atoms with E-state index >= 15 is 0 Å². The lowest BCUT2D eigenvalue weighted by molar-refractivity contribution is -0.137. The van der Waals surface area contributed by atoms with E-state index in [1.54, 1.807) is 0 Å². The van der Waals surface area contributed by atoms with Crippen molar-refractivity contribution in [1.82, 2.24) is 0 Å². The highest BCUT2D eigenvalue weighted by atomic mass is 32.2. The third-order valence-corrected chi connectivity index (χ3v) is 4.91. The van der Waals surface area contributed by atoms with E-state index in [4.69, 9.17) is 9.84 Å². The predicted octanol–water partition coefficient (Wildman–Crippen LogP) is 2.69. The van der Waals surface area contributed by atoms with Crippen LogP contribution in [0.5, 0.6) is 5.75 Å². The minimum Gasteiger partial charge on any atom is -0.489 e. The van der Waals surface area contributed by atoms with Crippen molar-refractivity contribution >= 4 is 17.7 Å². The maximum Gasteiger partial charge on any atom is 0.304 e. The standard InChI is InChI=1S/C14H16O3S/c15-13(16)7-14(4-5-14)10-2-1-3-11(6-10)17-12-8-18-9-12/h1-3,6,12H,4-5,7-9H2,(H,15,16). The van der Waals surface area contributed by atoms with Gasteiger partial charge in [0.2, 0.25) is 0 Å². The molecule has 0 amide bonds. The summed E-state index contributed by atoms with van der Waals surface area (Å²) < 4.78 is 5.85. The van der Waals surface area contributed by atoms with Crippen LogP contribution >= 0.6 is 11.8 Å². The van der Waals surface area contributed by atoms with Gasteiger partial charge in [0.1, 0.15) is 11.9 Å². The van der Waals surface area contributed by atoms with Gasteiger partial charge in [0.15, 0.2) is 0 Å². The van der Waals surface area contributed by atoms with E-state index in [-0.39, 0.29) is 11.8 Å². The molecule has 1 N–H and O–H groups in total. The second-order valence-corrected chi connectivity index (χ2v) is 6.23. The molecule has 0 aromatic heterocycles. The number of hydrogen-bond acceptors (Lipinski definition) is 3.